The van der Waals surface area contributed by atoms with Crippen LogP contribution in [0.1, 0.15) is 12.5 Å². The van der Waals surface area contributed by atoms with Crippen molar-refractivity contribution in [2.75, 3.05) is 13.2 Å². The van der Waals surface area contributed by atoms with E-state index < -0.39 is 6.10 Å². The van der Waals surface area contributed by atoms with E-state index >= 15 is 0 Å². The standard InChI is InChI=1S/C11H13ClO3/c1-7(13)4-8-5-10-11(6-9(8)12)15-3-2-14-10/h5-7,13H,2-4H2,1H3. The van der Waals surface area contributed by atoms with E-state index in [2.05, 4.69) is 0 Å². The largest absolute Gasteiger partial charge is 0.486 e. The van der Waals surface area contributed by atoms with Crippen molar-refractivity contribution < 1.29 is 14.6 Å². The monoisotopic (exact) mass is 228 g/mol. The molecule has 0 spiro atoms. The molecule has 2 rings (SSSR count). The Kier molecular flexibility index (Phi) is 3.03. The molecule has 4 heteroatoms. The summed E-state index contributed by atoms with van der Waals surface area (Å²) in [6.07, 6.45) is 0.111. The maximum atomic E-state index is 9.30. The van der Waals surface area contributed by atoms with Gasteiger partial charge in [0.1, 0.15) is 13.2 Å². The van der Waals surface area contributed by atoms with E-state index in [1.54, 1.807) is 13.0 Å². The second-order valence-electron chi connectivity index (χ2n) is 3.64. The van der Waals surface area contributed by atoms with Gasteiger partial charge in [0.2, 0.25) is 0 Å². The van der Waals surface area contributed by atoms with E-state index in [9.17, 15) is 5.11 Å². The van der Waals surface area contributed by atoms with E-state index in [1.807, 2.05) is 6.07 Å². The highest BCUT2D eigenvalue weighted by atomic mass is 35.5. The Morgan fingerprint density at radius 2 is 1.93 bits per heavy atom. The smallest absolute Gasteiger partial charge is 0.162 e. The maximum absolute atomic E-state index is 9.30. The summed E-state index contributed by atoms with van der Waals surface area (Å²) >= 11 is 6.06. The molecule has 0 saturated carbocycles. The number of fused-ring (bicyclic) bond motifs is 1. The Bertz CT molecular complexity index is 363. The Morgan fingerprint density at radius 3 is 2.53 bits per heavy atom. The number of hydrogen-bond acceptors (Lipinski definition) is 3. The Morgan fingerprint density at radius 1 is 1.33 bits per heavy atom. The minimum Gasteiger partial charge on any atom is -0.486 e. The fourth-order valence-electron chi connectivity index (χ4n) is 1.58. The first-order valence-electron chi connectivity index (χ1n) is 4.93. The summed E-state index contributed by atoms with van der Waals surface area (Å²) in [6.45, 7) is 2.84. The van der Waals surface area contributed by atoms with Crippen molar-refractivity contribution in [1.29, 1.82) is 0 Å². The molecule has 0 fully saturated rings. The third-order valence-corrected chi connectivity index (χ3v) is 2.58. The molecule has 0 radical (unpaired) electrons. The zero-order chi connectivity index (χ0) is 10.8. The summed E-state index contributed by atoms with van der Waals surface area (Å²) < 4.78 is 10.8. The zero-order valence-corrected chi connectivity index (χ0v) is 9.25. The van der Waals surface area contributed by atoms with Crippen molar-refractivity contribution in [3.63, 3.8) is 0 Å². The first-order valence-corrected chi connectivity index (χ1v) is 5.30. The molecule has 1 aromatic carbocycles. The quantitative estimate of drug-likeness (QED) is 0.842. The van der Waals surface area contributed by atoms with Gasteiger partial charge in [0.15, 0.2) is 11.5 Å². The Balaban J connectivity index is 2.32. The van der Waals surface area contributed by atoms with Crippen molar-refractivity contribution in [2.45, 2.75) is 19.4 Å². The van der Waals surface area contributed by atoms with Crippen LogP contribution in [0.4, 0.5) is 0 Å². The van der Waals surface area contributed by atoms with Crippen LogP contribution in [0.15, 0.2) is 12.1 Å². The van der Waals surface area contributed by atoms with Gasteiger partial charge in [-0.1, -0.05) is 11.6 Å². The van der Waals surface area contributed by atoms with Crippen LogP contribution in [0, 0.1) is 0 Å². The second kappa shape index (κ2) is 4.29. The molecule has 1 aromatic rings. The van der Waals surface area contributed by atoms with Gasteiger partial charge in [0.25, 0.3) is 0 Å². The van der Waals surface area contributed by atoms with Gasteiger partial charge in [0.05, 0.1) is 6.10 Å². The average Bonchev–Trinajstić information content (AvgIpc) is 2.18. The van der Waals surface area contributed by atoms with Crippen LogP contribution in [0.5, 0.6) is 11.5 Å². The van der Waals surface area contributed by atoms with Crippen molar-refractivity contribution in [2.24, 2.45) is 0 Å². The summed E-state index contributed by atoms with van der Waals surface area (Å²) in [7, 11) is 0. The second-order valence-corrected chi connectivity index (χ2v) is 4.05. The van der Waals surface area contributed by atoms with Gasteiger partial charge >= 0.3 is 0 Å². The zero-order valence-electron chi connectivity index (χ0n) is 8.50. The van der Waals surface area contributed by atoms with Gasteiger partial charge in [-0.25, -0.2) is 0 Å². The normalized spacial score (nSPS) is 16.2. The summed E-state index contributed by atoms with van der Waals surface area (Å²) in [5.74, 6) is 1.39. The molecular formula is C11H13ClO3. The summed E-state index contributed by atoms with van der Waals surface area (Å²) in [4.78, 5) is 0. The van der Waals surface area contributed by atoms with Crippen molar-refractivity contribution in [3.8, 4) is 11.5 Å². The van der Waals surface area contributed by atoms with Crippen LogP contribution in [-0.4, -0.2) is 24.4 Å². The van der Waals surface area contributed by atoms with Gasteiger partial charge < -0.3 is 14.6 Å². The van der Waals surface area contributed by atoms with Crippen LogP contribution < -0.4 is 9.47 Å². The van der Waals surface area contributed by atoms with Crippen molar-refractivity contribution >= 4 is 11.6 Å². The van der Waals surface area contributed by atoms with E-state index in [0.29, 0.717) is 36.2 Å². The third-order valence-electron chi connectivity index (χ3n) is 2.23. The highest BCUT2D eigenvalue weighted by Crippen LogP contribution is 2.35. The molecule has 82 valence electrons. The van der Waals surface area contributed by atoms with Gasteiger partial charge in [-0.15, -0.1) is 0 Å². The van der Waals surface area contributed by atoms with Crippen LogP contribution in [0.25, 0.3) is 0 Å². The predicted octanol–water partition coefficient (Wildman–Crippen LogP) is 2.03. The number of halogens is 1. The number of benzene rings is 1. The number of ether oxygens (including phenoxy) is 2. The first-order chi connectivity index (χ1) is 7.16. The van der Waals surface area contributed by atoms with Gasteiger partial charge in [0, 0.05) is 11.1 Å². The van der Waals surface area contributed by atoms with E-state index in [4.69, 9.17) is 21.1 Å². The van der Waals surface area contributed by atoms with E-state index in [1.165, 1.54) is 0 Å². The lowest BCUT2D eigenvalue weighted by atomic mass is 10.1. The molecule has 0 aliphatic carbocycles. The SMILES string of the molecule is CC(O)Cc1cc2c(cc1Cl)OCCO2. The molecule has 1 aliphatic rings. The number of aliphatic hydroxyl groups excluding tert-OH is 1. The minimum absolute atomic E-state index is 0.412. The highest BCUT2D eigenvalue weighted by molar-refractivity contribution is 6.31. The van der Waals surface area contributed by atoms with Crippen LogP contribution >= 0.6 is 11.6 Å². The molecule has 1 heterocycles. The molecule has 0 amide bonds. The lowest BCUT2D eigenvalue weighted by Crippen LogP contribution is -2.16. The van der Waals surface area contributed by atoms with Crippen LogP contribution in [0.2, 0.25) is 5.02 Å². The molecule has 1 N–H and O–H groups in total. The molecule has 0 aromatic heterocycles. The molecule has 3 nitrogen and oxygen atoms in total. The lowest BCUT2D eigenvalue weighted by molar-refractivity contribution is 0.170. The summed E-state index contributed by atoms with van der Waals surface area (Å²) in [6, 6.07) is 3.58. The number of hydrogen-bond donors (Lipinski definition) is 1. The van der Waals surface area contributed by atoms with Crippen molar-refractivity contribution in [1.82, 2.24) is 0 Å². The Labute approximate surface area is 93.6 Å². The third kappa shape index (κ3) is 2.36. The predicted molar refractivity (Wildman–Crippen MR) is 57.8 cm³/mol. The fourth-order valence-corrected chi connectivity index (χ4v) is 1.81. The number of rotatable bonds is 2. The molecule has 1 unspecified atom stereocenters. The topological polar surface area (TPSA) is 38.7 Å². The molecular weight excluding hydrogens is 216 g/mol. The molecule has 1 atom stereocenters. The fraction of sp³-hybridized carbons (Fsp3) is 0.455. The first kappa shape index (κ1) is 10.6. The summed E-state index contributed by atoms with van der Waals surface area (Å²) in [5.41, 5.74) is 0.885. The molecule has 0 bridgehead atoms. The maximum Gasteiger partial charge on any atom is 0.162 e. The minimum atomic E-state index is -0.412. The highest BCUT2D eigenvalue weighted by Gasteiger charge is 2.15. The van der Waals surface area contributed by atoms with E-state index in [-0.39, 0.29) is 0 Å². The summed E-state index contributed by atoms with van der Waals surface area (Å²) in [5, 5.41) is 9.91. The molecule has 15 heavy (non-hydrogen) atoms. The van der Waals surface area contributed by atoms with Crippen LogP contribution in [0.3, 0.4) is 0 Å². The molecule has 1 aliphatic heterocycles. The lowest BCUT2D eigenvalue weighted by Gasteiger charge is -2.20. The Hall–Kier alpha value is -0.930. The van der Waals surface area contributed by atoms with Gasteiger partial charge in [-0.2, -0.15) is 0 Å². The van der Waals surface area contributed by atoms with Gasteiger partial charge in [-0.3, -0.25) is 0 Å². The van der Waals surface area contributed by atoms with Gasteiger partial charge in [-0.05, 0) is 25.0 Å². The molecule has 0 saturated heterocycles. The van der Waals surface area contributed by atoms with E-state index in [0.717, 1.165) is 5.56 Å². The number of aliphatic hydroxyl groups is 1. The van der Waals surface area contributed by atoms with Crippen molar-refractivity contribution in [3.05, 3.63) is 22.7 Å². The van der Waals surface area contributed by atoms with Crippen LogP contribution in [-0.2, 0) is 6.42 Å². The average molecular weight is 229 g/mol.